The van der Waals surface area contributed by atoms with Gasteiger partial charge in [0.05, 0.1) is 23.3 Å². The summed E-state index contributed by atoms with van der Waals surface area (Å²) in [4.78, 5) is 24.5. The molecule has 3 rings (SSSR count). The Balaban J connectivity index is 2.07. The van der Waals surface area contributed by atoms with Gasteiger partial charge in [0, 0.05) is 12.5 Å². The molecule has 1 aromatic carbocycles. The van der Waals surface area contributed by atoms with E-state index in [2.05, 4.69) is 26.8 Å². The topological polar surface area (TPSA) is 77.0 Å². The third-order valence-electron chi connectivity index (χ3n) is 3.65. The predicted molar refractivity (Wildman–Crippen MR) is 96.9 cm³/mol. The van der Waals surface area contributed by atoms with Gasteiger partial charge in [0.2, 0.25) is 5.91 Å². The Labute approximate surface area is 153 Å². The fraction of sp³-hybridized carbons (Fsp3) is 0.111. The van der Waals surface area contributed by atoms with Crippen LogP contribution in [-0.2, 0) is 11.2 Å². The first-order valence-electron chi connectivity index (χ1n) is 7.57. The number of pyridine rings is 1. The number of ether oxygens (including phenoxy) is 1. The van der Waals surface area contributed by atoms with Crippen LogP contribution in [0.1, 0.15) is 11.3 Å². The molecule has 0 aliphatic heterocycles. The maximum Gasteiger partial charge on any atom is 0.249 e. The standard InChI is InChI=1S/C18H14ClFN4O2/c1-3-16(25)23-18-15(26-2)8-14-17(24-18)13(21-9-22-14)7-10-4-5-12(20)11(19)6-10/h3-6,8-9H,1,7H2,2H3,(H,23,24,25). The van der Waals surface area contributed by atoms with Gasteiger partial charge in [-0.2, -0.15) is 0 Å². The van der Waals surface area contributed by atoms with Gasteiger partial charge >= 0.3 is 0 Å². The molecule has 26 heavy (non-hydrogen) atoms. The number of carbonyl (C=O) groups is 1. The monoisotopic (exact) mass is 372 g/mol. The lowest BCUT2D eigenvalue weighted by atomic mass is 10.1. The SMILES string of the molecule is C=CC(=O)Nc1nc2c(Cc3ccc(F)c(Cl)c3)ncnc2cc1OC. The number of nitrogens with one attached hydrogen (secondary N) is 1. The van der Waals surface area contributed by atoms with Gasteiger partial charge in [0.1, 0.15) is 17.7 Å². The van der Waals surface area contributed by atoms with E-state index in [1.807, 2.05) is 0 Å². The van der Waals surface area contributed by atoms with Gasteiger partial charge in [-0.15, -0.1) is 0 Å². The summed E-state index contributed by atoms with van der Waals surface area (Å²) in [5.74, 6) is -0.306. The van der Waals surface area contributed by atoms with Crippen LogP contribution in [0.5, 0.6) is 5.75 Å². The Morgan fingerprint density at radius 2 is 2.19 bits per heavy atom. The smallest absolute Gasteiger partial charge is 0.249 e. The van der Waals surface area contributed by atoms with Gasteiger partial charge in [0.15, 0.2) is 11.6 Å². The number of hydrogen-bond donors (Lipinski definition) is 1. The molecule has 2 heterocycles. The molecule has 0 aliphatic rings. The number of anilines is 1. The van der Waals surface area contributed by atoms with Crippen LogP contribution in [0.25, 0.3) is 11.0 Å². The van der Waals surface area contributed by atoms with Crippen LogP contribution < -0.4 is 10.1 Å². The van der Waals surface area contributed by atoms with E-state index in [1.54, 1.807) is 12.1 Å². The summed E-state index contributed by atoms with van der Waals surface area (Å²) in [5.41, 5.74) is 2.42. The molecule has 0 atom stereocenters. The number of aromatic nitrogens is 3. The molecular weight excluding hydrogens is 359 g/mol. The molecule has 1 amide bonds. The largest absolute Gasteiger partial charge is 0.493 e. The lowest BCUT2D eigenvalue weighted by molar-refractivity contribution is -0.111. The van der Waals surface area contributed by atoms with E-state index < -0.39 is 11.7 Å². The zero-order valence-corrected chi connectivity index (χ0v) is 14.5. The fourth-order valence-corrected chi connectivity index (χ4v) is 2.61. The zero-order chi connectivity index (χ0) is 18.7. The number of amides is 1. The molecule has 2 aromatic heterocycles. The van der Waals surface area contributed by atoms with Crippen molar-refractivity contribution in [1.29, 1.82) is 0 Å². The summed E-state index contributed by atoms with van der Waals surface area (Å²) in [6, 6.07) is 6.12. The second-order valence-corrected chi connectivity index (χ2v) is 5.75. The first-order chi connectivity index (χ1) is 12.5. The van der Waals surface area contributed by atoms with E-state index in [0.717, 1.165) is 11.6 Å². The highest BCUT2D eigenvalue weighted by Gasteiger charge is 2.14. The van der Waals surface area contributed by atoms with Gasteiger partial charge in [-0.3, -0.25) is 4.79 Å². The molecule has 0 spiro atoms. The Morgan fingerprint density at radius 3 is 2.88 bits per heavy atom. The maximum absolute atomic E-state index is 13.3. The van der Waals surface area contributed by atoms with Crippen LogP contribution in [0, 0.1) is 5.82 Å². The summed E-state index contributed by atoms with van der Waals surface area (Å²) in [6.07, 6.45) is 2.91. The van der Waals surface area contributed by atoms with Gasteiger partial charge in [-0.05, 0) is 23.8 Å². The molecule has 0 bridgehead atoms. The van der Waals surface area contributed by atoms with Crippen molar-refractivity contribution >= 4 is 34.4 Å². The number of hydrogen-bond acceptors (Lipinski definition) is 5. The first-order valence-corrected chi connectivity index (χ1v) is 7.95. The minimum atomic E-state index is -0.486. The summed E-state index contributed by atoms with van der Waals surface area (Å²) in [7, 11) is 1.47. The maximum atomic E-state index is 13.3. The van der Waals surface area contributed by atoms with Crippen molar-refractivity contribution in [2.45, 2.75) is 6.42 Å². The molecule has 0 aliphatic carbocycles. The number of halogens is 2. The van der Waals surface area contributed by atoms with E-state index in [4.69, 9.17) is 16.3 Å². The van der Waals surface area contributed by atoms with Crippen molar-refractivity contribution in [3.63, 3.8) is 0 Å². The van der Waals surface area contributed by atoms with Crippen LogP contribution in [0.4, 0.5) is 10.2 Å². The van der Waals surface area contributed by atoms with Crippen LogP contribution in [0.15, 0.2) is 43.2 Å². The lowest BCUT2D eigenvalue weighted by Crippen LogP contribution is -2.11. The highest BCUT2D eigenvalue weighted by Crippen LogP contribution is 2.28. The molecular formula is C18H14ClFN4O2. The summed E-state index contributed by atoms with van der Waals surface area (Å²) < 4.78 is 18.6. The third kappa shape index (κ3) is 3.62. The predicted octanol–water partition coefficient (Wildman–Crippen LogP) is 3.54. The second kappa shape index (κ2) is 7.45. The number of carbonyl (C=O) groups excluding carboxylic acids is 1. The normalized spacial score (nSPS) is 10.6. The molecule has 3 aromatic rings. The van der Waals surface area contributed by atoms with Crippen LogP contribution >= 0.6 is 11.6 Å². The number of methoxy groups -OCH3 is 1. The van der Waals surface area contributed by atoms with Crippen molar-refractivity contribution in [3.05, 3.63) is 65.3 Å². The minimum absolute atomic E-state index is 0.0365. The Morgan fingerprint density at radius 1 is 1.38 bits per heavy atom. The average molecular weight is 373 g/mol. The van der Waals surface area contributed by atoms with Crippen molar-refractivity contribution in [2.24, 2.45) is 0 Å². The Hall–Kier alpha value is -3.06. The first kappa shape index (κ1) is 17.8. The molecule has 132 valence electrons. The molecule has 0 radical (unpaired) electrons. The molecule has 0 saturated heterocycles. The highest BCUT2D eigenvalue weighted by molar-refractivity contribution is 6.30. The van der Waals surface area contributed by atoms with Crippen LogP contribution in [0.3, 0.4) is 0 Å². The fourth-order valence-electron chi connectivity index (χ4n) is 2.40. The van der Waals surface area contributed by atoms with Crippen LogP contribution in [-0.4, -0.2) is 28.0 Å². The second-order valence-electron chi connectivity index (χ2n) is 5.35. The summed E-state index contributed by atoms with van der Waals surface area (Å²) in [6.45, 7) is 3.41. The van der Waals surface area contributed by atoms with Gasteiger partial charge in [0.25, 0.3) is 0 Å². The molecule has 0 saturated carbocycles. The number of nitrogens with zero attached hydrogens (tertiary/aromatic N) is 3. The Kier molecular flexibility index (Phi) is 5.09. The van der Waals surface area contributed by atoms with Gasteiger partial charge < -0.3 is 10.1 Å². The van der Waals surface area contributed by atoms with Crippen LogP contribution in [0.2, 0.25) is 5.02 Å². The zero-order valence-electron chi connectivity index (χ0n) is 13.8. The average Bonchev–Trinajstić information content (AvgIpc) is 2.64. The molecule has 8 heteroatoms. The minimum Gasteiger partial charge on any atom is -0.493 e. The van der Waals surface area contributed by atoms with Crippen molar-refractivity contribution in [3.8, 4) is 5.75 Å². The number of benzene rings is 1. The van der Waals surface area contributed by atoms with E-state index >= 15 is 0 Å². The molecule has 0 fully saturated rings. The van der Waals surface area contributed by atoms with Crippen molar-refractivity contribution in [1.82, 2.24) is 15.0 Å². The van der Waals surface area contributed by atoms with Gasteiger partial charge in [-0.1, -0.05) is 24.2 Å². The molecule has 0 unspecified atom stereocenters. The van der Waals surface area contributed by atoms with Gasteiger partial charge in [-0.25, -0.2) is 19.3 Å². The van der Waals surface area contributed by atoms with E-state index in [9.17, 15) is 9.18 Å². The molecule has 1 N–H and O–H groups in total. The lowest BCUT2D eigenvalue weighted by Gasteiger charge is -2.11. The van der Waals surface area contributed by atoms with E-state index in [1.165, 1.54) is 25.6 Å². The third-order valence-corrected chi connectivity index (χ3v) is 3.94. The Bertz CT molecular complexity index is 1010. The number of rotatable bonds is 5. The van der Waals surface area contributed by atoms with Crippen molar-refractivity contribution < 1.29 is 13.9 Å². The van der Waals surface area contributed by atoms with E-state index in [-0.39, 0.29) is 10.8 Å². The summed E-state index contributed by atoms with van der Waals surface area (Å²) >= 11 is 5.84. The number of fused-ring (bicyclic) bond motifs is 1. The van der Waals surface area contributed by atoms with E-state index in [0.29, 0.717) is 28.9 Å². The summed E-state index contributed by atoms with van der Waals surface area (Å²) in [5, 5.41) is 2.63. The van der Waals surface area contributed by atoms with Crippen molar-refractivity contribution in [2.75, 3.05) is 12.4 Å². The quantitative estimate of drug-likeness (QED) is 0.693. The molecule has 6 nitrogen and oxygen atoms in total. The highest BCUT2D eigenvalue weighted by atomic mass is 35.5.